The quantitative estimate of drug-likeness (QED) is 0.872. The highest BCUT2D eigenvalue weighted by atomic mass is 32.1. The minimum atomic E-state index is -0.613. The Morgan fingerprint density at radius 1 is 1.10 bits per heavy atom. The predicted octanol–water partition coefficient (Wildman–Crippen LogP) is 2.63. The summed E-state index contributed by atoms with van der Waals surface area (Å²) in [5.41, 5.74) is 0.377. The summed E-state index contributed by atoms with van der Waals surface area (Å²) in [5, 5.41) is 0.811. The van der Waals surface area contributed by atoms with E-state index in [4.69, 9.17) is 0 Å². The first-order valence-corrected chi connectivity index (χ1v) is 7.70. The topological polar surface area (TPSA) is 32.3 Å². The van der Waals surface area contributed by atoms with E-state index < -0.39 is 11.6 Å². The average Bonchev–Trinajstić information content (AvgIpc) is 2.96. The van der Waals surface area contributed by atoms with Gasteiger partial charge in [-0.3, -0.25) is 0 Å². The Balaban J connectivity index is 1.77. The van der Waals surface area contributed by atoms with Gasteiger partial charge >= 0.3 is 0 Å². The van der Waals surface area contributed by atoms with E-state index in [9.17, 15) is 8.78 Å². The van der Waals surface area contributed by atoms with Gasteiger partial charge in [0.05, 0.1) is 0 Å². The van der Waals surface area contributed by atoms with Crippen molar-refractivity contribution in [1.82, 2.24) is 14.3 Å². The Kier molecular flexibility index (Phi) is 4.12. The molecule has 7 heteroatoms. The standard InChI is InChI=1S/C14H16F2N4S/c1-2-19-3-5-20(6-4-19)14-17-13(18-21-14)10-7-11(15)9-12(16)8-10/h7-9H,2-6H2,1H3. The van der Waals surface area contributed by atoms with Crippen LogP contribution in [0.5, 0.6) is 0 Å². The number of anilines is 1. The van der Waals surface area contributed by atoms with Gasteiger partial charge in [0.15, 0.2) is 5.82 Å². The molecule has 1 aliphatic heterocycles. The van der Waals surface area contributed by atoms with E-state index >= 15 is 0 Å². The Bertz CT molecular complexity index is 603. The maximum Gasteiger partial charge on any atom is 0.205 e. The molecule has 0 saturated carbocycles. The van der Waals surface area contributed by atoms with Crippen molar-refractivity contribution in [2.24, 2.45) is 0 Å². The van der Waals surface area contributed by atoms with Crippen molar-refractivity contribution >= 4 is 16.7 Å². The van der Waals surface area contributed by atoms with E-state index in [2.05, 4.69) is 26.1 Å². The lowest BCUT2D eigenvalue weighted by atomic mass is 10.2. The first kappa shape index (κ1) is 14.3. The minimum absolute atomic E-state index is 0.377. The summed E-state index contributed by atoms with van der Waals surface area (Å²) in [7, 11) is 0. The lowest BCUT2D eigenvalue weighted by molar-refractivity contribution is 0.271. The highest BCUT2D eigenvalue weighted by Crippen LogP contribution is 2.25. The average molecular weight is 310 g/mol. The number of likely N-dealkylation sites (N-methyl/N-ethyl adjacent to an activating group) is 1. The fraction of sp³-hybridized carbons (Fsp3) is 0.429. The lowest BCUT2D eigenvalue weighted by Crippen LogP contribution is -2.46. The van der Waals surface area contributed by atoms with Crippen LogP contribution >= 0.6 is 11.5 Å². The zero-order chi connectivity index (χ0) is 14.8. The number of nitrogens with zero attached hydrogens (tertiary/aromatic N) is 4. The second kappa shape index (κ2) is 6.03. The summed E-state index contributed by atoms with van der Waals surface area (Å²) in [4.78, 5) is 8.96. The molecule has 1 aromatic heterocycles. The van der Waals surface area contributed by atoms with Crippen molar-refractivity contribution < 1.29 is 8.78 Å². The summed E-state index contributed by atoms with van der Waals surface area (Å²) >= 11 is 1.27. The van der Waals surface area contributed by atoms with Crippen molar-refractivity contribution in [2.75, 3.05) is 37.6 Å². The van der Waals surface area contributed by atoms with Gasteiger partial charge in [-0.2, -0.15) is 9.36 Å². The molecule has 3 rings (SSSR count). The molecule has 2 aromatic rings. The van der Waals surface area contributed by atoms with Gasteiger partial charge < -0.3 is 9.80 Å². The molecule has 0 N–H and O–H groups in total. The fourth-order valence-corrected chi connectivity index (χ4v) is 3.14. The van der Waals surface area contributed by atoms with E-state index in [1.54, 1.807) is 0 Å². The van der Waals surface area contributed by atoms with Gasteiger partial charge in [-0.25, -0.2) is 8.78 Å². The van der Waals surface area contributed by atoms with Crippen LogP contribution in [-0.2, 0) is 0 Å². The maximum absolute atomic E-state index is 13.2. The second-order valence-electron chi connectivity index (χ2n) is 4.98. The molecule has 0 amide bonds. The summed E-state index contributed by atoms with van der Waals surface area (Å²) in [5.74, 6) is -0.845. The third-order valence-electron chi connectivity index (χ3n) is 3.63. The van der Waals surface area contributed by atoms with E-state index in [1.165, 1.54) is 23.7 Å². The first-order valence-electron chi connectivity index (χ1n) is 6.93. The van der Waals surface area contributed by atoms with Crippen molar-refractivity contribution in [3.8, 4) is 11.4 Å². The monoisotopic (exact) mass is 310 g/mol. The van der Waals surface area contributed by atoms with Crippen LogP contribution in [0.1, 0.15) is 6.92 Å². The Morgan fingerprint density at radius 3 is 2.38 bits per heavy atom. The SMILES string of the molecule is CCN1CCN(c2nc(-c3cc(F)cc(F)c3)ns2)CC1. The van der Waals surface area contributed by atoms with Crippen LogP contribution in [0.3, 0.4) is 0 Å². The molecule has 4 nitrogen and oxygen atoms in total. The zero-order valence-electron chi connectivity index (χ0n) is 11.7. The Hall–Kier alpha value is -1.60. The number of rotatable bonds is 3. The van der Waals surface area contributed by atoms with Crippen LogP contribution in [0.25, 0.3) is 11.4 Å². The number of benzene rings is 1. The number of aromatic nitrogens is 2. The maximum atomic E-state index is 13.2. The highest BCUT2D eigenvalue weighted by molar-refractivity contribution is 7.09. The normalized spacial score (nSPS) is 16.4. The van der Waals surface area contributed by atoms with Gasteiger partial charge in [-0.1, -0.05) is 6.92 Å². The van der Waals surface area contributed by atoms with Crippen molar-refractivity contribution in [2.45, 2.75) is 6.92 Å². The fourth-order valence-electron chi connectivity index (χ4n) is 2.40. The van der Waals surface area contributed by atoms with E-state index in [0.717, 1.165) is 43.9 Å². The molecule has 1 fully saturated rings. The Morgan fingerprint density at radius 2 is 1.76 bits per heavy atom. The molecular weight excluding hydrogens is 294 g/mol. The molecule has 112 valence electrons. The van der Waals surface area contributed by atoms with Gasteiger partial charge in [-0.15, -0.1) is 0 Å². The molecule has 0 radical (unpaired) electrons. The predicted molar refractivity (Wildman–Crippen MR) is 79.6 cm³/mol. The van der Waals surface area contributed by atoms with E-state index in [-0.39, 0.29) is 0 Å². The van der Waals surface area contributed by atoms with Gasteiger partial charge in [0.25, 0.3) is 0 Å². The van der Waals surface area contributed by atoms with Crippen molar-refractivity contribution in [1.29, 1.82) is 0 Å². The lowest BCUT2D eigenvalue weighted by Gasteiger charge is -2.33. The van der Waals surface area contributed by atoms with E-state index in [0.29, 0.717) is 11.4 Å². The molecule has 1 aliphatic rings. The van der Waals surface area contributed by atoms with Gasteiger partial charge in [0.2, 0.25) is 5.13 Å². The second-order valence-corrected chi connectivity index (χ2v) is 5.71. The number of piperazine rings is 1. The van der Waals surface area contributed by atoms with Crippen LogP contribution in [0.4, 0.5) is 13.9 Å². The molecule has 0 unspecified atom stereocenters. The molecule has 0 aliphatic carbocycles. The molecule has 0 bridgehead atoms. The number of hydrogen-bond acceptors (Lipinski definition) is 5. The van der Waals surface area contributed by atoms with Gasteiger partial charge in [0.1, 0.15) is 11.6 Å². The van der Waals surface area contributed by atoms with Crippen LogP contribution in [-0.4, -0.2) is 47.0 Å². The molecule has 21 heavy (non-hydrogen) atoms. The van der Waals surface area contributed by atoms with Crippen LogP contribution < -0.4 is 4.90 Å². The summed E-state index contributed by atoms with van der Waals surface area (Å²) in [6, 6.07) is 3.36. The van der Waals surface area contributed by atoms with E-state index in [1.807, 2.05) is 0 Å². The third-order valence-corrected chi connectivity index (χ3v) is 4.40. The van der Waals surface area contributed by atoms with Gasteiger partial charge in [0, 0.05) is 49.3 Å². The molecule has 0 spiro atoms. The first-order chi connectivity index (χ1) is 10.2. The molecule has 2 heterocycles. The van der Waals surface area contributed by atoms with Gasteiger partial charge in [-0.05, 0) is 18.7 Å². The molecule has 1 saturated heterocycles. The largest absolute Gasteiger partial charge is 0.344 e. The molecular formula is C14H16F2N4S. The van der Waals surface area contributed by atoms with Crippen LogP contribution in [0, 0.1) is 11.6 Å². The number of hydrogen-bond donors (Lipinski definition) is 0. The third kappa shape index (κ3) is 3.19. The summed E-state index contributed by atoms with van der Waals surface area (Å²) < 4.78 is 30.7. The summed E-state index contributed by atoms with van der Waals surface area (Å²) in [6.07, 6.45) is 0. The molecule has 0 atom stereocenters. The van der Waals surface area contributed by atoms with Crippen molar-refractivity contribution in [3.05, 3.63) is 29.8 Å². The van der Waals surface area contributed by atoms with Crippen molar-refractivity contribution in [3.63, 3.8) is 0 Å². The molecule has 1 aromatic carbocycles. The minimum Gasteiger partial charge on any atom is -0.344 e. The highest BCUT2D eigenvalue weighted by Gasteiger charge is 2.19. The summed E-state index contributed by atoms with van der Waals surface area (Å²) in [6.45, 7) is 7.01. The van der Waals surface area contributed by atoms with Crippen LogP contribution in [0.2, 0.25) is 0 Å². The zero-order valence-corrected chi connectivity index (χ0v) is 12.5. The number of halogens is 2. The van der Waals surface area contributed by atoms with Crippen LogP contribution in [0.15, 0.2) is 18.2 Å². The smallest absolute Gasteiger partial charge is 0.205 e. The Labute approximate surface area is 126 Å².